The van der Waals surface area contributed by atoms with Crippen LogP contribution in [0.3, 0.4) is 0 Å². The molecule has 0 aliphatic carbocycles. The predicted octanol–water partition coefficient (Wildman–Crippen LogP) is 3.09. The quantitative estimate of drug-likeness (QED) is 0.793. The van der Waals surface area contributed by atoms with Crippen molar-refractivity contribution in [2.45, 2.75) is 31.4 Å². The smallest absolute Gasteiger partial charge is 0.147 e. The van der Waals surface area contributed by atoms with Crippen molar-refractivity contribution in [1.29, 1.82) is 0 Å². The van der Waals surface area contributed by atoms with Crippen LogP contribution in [0.2, 0.25) is 5.02 Å². The minimum absolute atomic E-state index is 0.213. The van der Waals surface area contributed by atoms with Gasteiger partial charge in [0, 0.05) is 25.7 Å². The van der Waals surface area contributed by atoms with Crippen molar-refractivity contribution in [1.82, 2.24) is 4.98 Å². The zero-order valence-electron chi connectivity index (χ0n) is 9.99. The van der Waals surface area contributed by atoms with Crippen molar-refractivity contribution in [3.8, 4) is 0 Å². The number of pyridine rings is 1. The molecule has 0 N–H and O–H groups in total. The van der Waals surface area contributed by atoms with Gasteiger partial charge in [-0.2, -0.15) is 0 Å². The predicted molar refractivity (Wildman–Crippen MR) is 71.0 cm³/mol. The highest BCUT2D eigenvalue weighted by molar-refractivity contribution is 6.33. The highest BCUT2D eigenvalue weighted by Crippen LogP contribution is 2.29. The van der Waals surface area contributed by atoms with E-state index in [1.54, 1.807) is 6.20 Å². The van der Waals surface area contributed by atoms with E-state index in [4.69, 9.17) is 27.9 Å². The molecule has 2 rings (SSSR count). The van der Waals surface area contributed by atoms with E-state index in [0.717, 1.165) is 24.4 Å². The van der Waals surface area contributed by atoms with E-state index in [2.05, 4.69) is 16.8 Å². The van der Waals surface area contributed by atoms with Crippen LogP contribution in [0.1, 0.15) is 18.9 Å². The Labute approximate surface area is 112 Å². The first kappa shape index (κ1) is 12.9. The molecule has 94 valence electrons. The minimum atomic E-state index is 0.213. The van der Waals surface area contributed by atoms with Gasteiger partial charge in [0.2, 0.25) is 0 Å². The molecule has 1 saturated heterocycles. The average molecular weight is 275 g/mol. The minimum Gasteiger partial charge on any atom is -0.376 e. The van der Waals surface area contributed by atoms with Gasteiger partial charge < -0.3 is 9.64 Å². The molecular weight excluding hydrogens is 259 g/mol. The second-order valence-electron chi connectivity index (χ2n) is 4.33. The average Bonchev–Trinajstić information content (AvgIpc) is 2.74. The molecule has 0 amide bonds. The second-order valence-corrected chi connectivity index (χ2v) is 5.00. The lowest BCUT2D eigenvalue weighted by Gasteiger charge is -2.28. The summed E-state index contributed by atoms with van der Waals surface area (Å²) in [6, 6.07) is 2.20. The zero-order valence-corrected chi connectivity index (χ0v) is 11.5. The Kier molecular flexibility index (Phi) is 4.13. The van der Waals surface area contributed by atoms with Gasteiger partial charge in [-0.15, -0.1) is 11.6 Å². The molecule has 0 spiro atoms. The Hall–Kier alpha value is -0.510. The molecule has 1 aromatic rings. The summed E-state index contributed by atoms with van der Waals surface area (Å²) in [6.07, 6.45) is 2.99. The molecular formula is C12H16Cl2N2O. The van der Waals surface area contributed by atoms with E-state index in [1.807, 2.05) is 13.1 Å². The van der Waals surface area contributed by atoms with Gasteiger partial charge in [-0.3, -0.25) is 0 Å². The van der Waals surface area contributed by atoms with Crippen molar-refractivity contribution in [2.75, 3.05) is 18.6 Å². The largest absolute Gasteiger partial charge is 0.376 e. The maximum Gasteiger partial charge on any atom is 0.147 e. The highest BCUT2D eigenvalue weighted by atomic mass is 35.5. The maximum absolute atomic E-state index is 6.23. The molecule has 1 aliphatic heterocycles. The number of alkyl halides is 1. The summed E-state index contributed by atoms with van der Waals surface area (Å²) in [6.45, 7) is 2.88. The number of nitrogens with zero attached hydrogens (tertiary/aromatic N) is 2. The third-order valence-electron chi connectivity index (χ3n) is 3.20. The molecule has 2 heterocycles. The van der Waals surface area contributed by atoms with Gasteiger partial charge in [0.1, 0.15) is 5.82 Å². The fourth-order valence-electron chi connectivity index (χ4n) is 2.19. The third kappa shape index (κ3) is 2.67. The summed E-state index contributed by atoms with van der Waals surface area (Å²) in [5.41, 5.74) is 0.935. The van der Waals surface area contributed by atoms with Crippen LogP contribution in [0.4, 0.5) is 5.82 Å². The molecule has 1 aliphatic rings. The lowest BCUT2D eigenvalue weighted by atomic mass is 10.1. The van der Waals surface area contributed by atoms with Gasteiger partial charge in [0.15, 0.2) is 0 Å². The lowest BCUT2D eigenvalue weighted by molar-refractivity contribution is 0.118. The van der Waals surface area contributed by atoms with Crippen LogP contribution >= 0.6 is 23.2 Å². The van der Waals surface area contributed by atoms with Gasteiger partial charge in [0.05, 0.1) is 17.2 Å². The first-order valence-corrected chi connectivity index (χ1v) is 6.59. The Morgan fingerprint density at radius 2 is 2.35 bits per heavy atom. The second kappa shape index (κ2) is 5.42. The van der Waals surface area contributed by atoms with Crippen LogP contribution in [0.5, 0.6) is 0 Å². The summed E-state index contributed by atoms with van der Waals surface area (Å²) in [4.78, 5) is 6.48. The molecule has 1 fully saturated rings. The van der Waals surface area contributed by atoms with Crippen molar-refractivity contribution in [3.05, 3.63) is 22.8 Å². The van der Waals surface area contributed by atoms with E-state index in [0.29, 0.717) is 16.9 Å². The molecule has 2 atom stereocenters. The highest BCUT2D eigenvalue weighted by Gasteiger charge is 2.29. The van der Waals surface area contributed by atoms with Crippen LogP contribution in [0.15, 0.2) is 12.3 Å². The van der Waals surface area contributed by atoms with E-state index >= 15 is 0 Å². The molecule has 0 saturated carbocycles. The van der Waals surface area contributed by atoms with Gasteiger partial charge >= 0.3 is 0 Å². The fraction of sp³-hybridized carbons (Fsp3) is 0.583. The standard InChI is InChI=1S/C12H16Cl2N2O/c1-8-11(3-4-17-8)16(2)12-10(14)5-9(6-13)7-15-12/h5,7-8,11H,3-4,6H2,1-2H3. The molecule has 17 heavy (non-hydrogen) atoms. The van der Waals surface area contributed by atoms with Crippen molar-refractivity contribution in [2.24, 2.45) is 0 Å². The molecule has 2 unspecified atom stereocenters. The normalized spacial score (nSPS) is 24.0. The number of aromatic nitrogens is 1. The van der Waals surface area contributed by atoms with E-state index < -0.39 is 0 Å². The Balaban J connectivity index is 2.21. The summed E-state index contributed by atoms with van der Waals surface area (Å²) >= 11 is 12.0. The Bertz CT molecular complexity index is 400. The van der Waals surface area contributed by atoms with Crippen LogP contribution in [-0.4, -0.2) is 30.8 Å². The SMILES string of the molecule is CC1OCCC1N(C)c1ncc(CCl)cc1Cl. The zero-order chi connectivity index (χ0) is 12.4. The number of hydrogen-bond acceptors (Lipinski definition) is 3. The molecule has 1 aromatic heterocycles. The third-order valence-corrected chi connectivity index (χ3v) is 3.79. The molecule has 5 heteroatoms. The molecule has 0 aromatic carbocycles. The first-order valence-electron chi connectivity index (χ1n) is 5.68. The number of hydrogen-bond donors (Lipinski definition) is 0. The number of rotatable bonds is 3. The first-order chi connectivity index (χ1) is 8.13. The van der Waals surface area contributed by atoms with E-state index in [1.165, 1.54) is 0 Å². The van der Waals surface area contributed by atoms with E-state index in [9.17, 15) is 0 Å². The van der Waals surface area contributed by atoms with Gasteiger partial charge in [-0.05, 0) is 25.0 Å². The summed E-state index contributed by atoms with van der Waals surface area (Å²) in [7, 11) is 2.00. The number of likely N-dealkylation sites (N-methyl/N-ethyl adjacent to an activating group) is 1. The van der Waals surface area contributed by atoms with Crippen LogP contribution < -0.4 is 4.90 Å². The fourth-order valence-corrected chi connectivity index (χ4v) is 2.66. The molecule has 0 radical (unpaired) electrons. The maximum atomic E-state index is 6.23. The van der Waals surface area contributed by atoms with Crippen molar-refractivity contribution in [3.63, 3.8) is 0 Å². The van der Waals surface area contributed by atoms with Crippen LogP contribution in [-0.2, 0) is 10.6 Å². The van der Waals surface area contributed by atoms with Gasteiger partial charge in [0.25, 0.3) is 0 Å². The van der Waals surface area contributed by atoms with E-state index in [-0.39, 0.29) is 6.10 Å². The summed E-state index contributed by atoms with van der Waals surface area (Å²) in [5, 5.41) is 0.643. The van der Waals surface area contributed by atoms with Gasteiger partial charge in [-0.25, -0.2) is 4.98 Å². The summed E-state index contributed by atoms with van der Waals surface area (Å²) < 4.78 is 5.56. The topological polar surface area (TPSA) is 25.4 Å². The number of halogens is 2. The number of ether oxygens (including phenoxy) is 1. The lowest BCUT2D eigenvalue weighted by Crippen LogP contribution is -2.37. The van der Waals surface area contributed by atoms with Crippen LogP contribution in [0, 0.1) is 0 Å². The van der Waals surface area contributed by atoms with Crippen molar-refractivity contribution >= 4 is 29.0 Å². The summed E-state index contributed by atoms with van der Waals surface area (Å²) in [5.74, 6) is 1.22. The Morgan fingerprint density at radius 1 is 1.59 bits per heavy atom. The molecule has 3 nitrogen and oxygen atoms in total. The Morgan fingerprint density at radius 3 is 2.88 bits per heavy atom. The van der Waals surface area contributed by atoms with Gasteiger partial charge in [-0.1, -0.05) is 11.6 Å². The monoisotopic (exact) mass is 274 g/mol. The van der Waals surface area contributed by atoms with Crippen molar-refractivity contribution < 1.29 is 4.74 Å². The van der Waals surface area contributed by atoms with Crippen LogP contribution in [0.25, 0.3) is 0 Å². The number of anilines is 1. The molecule has 0 bridgehead atoms.